The molecule has 1 aromatic carbocycles. The normalized spacial score (nSPS) is 26.5. The Kier molecular flexibility index (Phi) is 6.40. The van der Waals surface area contributed by atoms with Crippen molar-refractivity contribution in [1.82, 2.24) is 9.80 Å². The summed E-state index contributed by atoms with van der Waals surface area (Å²) in [5.41, 5.74) is 1.98. The molecule has 6 heteroatoms. The second kappa shape index (κ2) is 9.20. The second-order valence-electron chi connectivity index (χ2n) is 8.55. The van der Waals surface area contributed by atoms with Crippen LogP contribution in [0.25, 0.3) is 0 Å². The van der Waals surface area contributed by atoms with Crippen LogP contribution in [0.15, 0.2) is 24.3 Å². The Hall–Kier alpha value is -2.36. The third kappa shape index (κ3) is 3.97. The number of amides is 2. The molecular weight excluding hydrogens is 380 g/mol. The highest BCUT2D eigenvalue weighted by Crippen LogP contribution is 2.43. The summed E-state index contributed by atoms with van der Waals surface area (Å²) in [5, 5.41) is 9.94. The van der Waals surface area contributed by atoms with E-state index in [0.717, 1.165) is 36.8 Å². The van der Waals surface area contributed by atoms with Crippen LogP contribution in [-0.4, -0.2) is 72.2 Å². The van der Waals surface area contributed by atoms with Crippen LogP contribution in [0.1, 0.15) is 49.1 Å². The van der Waals surface area contributed by atoms with E-state index in [2.05, 4.69) is 11.8 Å². The Morgan fingerprint density at radius 2 is 1.93 bits per heavy atom. The highest BCUT2D eigenvalue weighted by Gasteiger charge is 2.54. The lowest BCUT2D eigenvalue weighted by molar-refractivity contribution is -0.168. The fourth-order valence-corrected chi connectivity index (χ4v) is 5.27. The number of aliphatic hydroxyl groups excluding tert-OH is 1. The average molecular weight is 411 g/mol. The van der Waals surface area contributed by atoms with Gasteiger partial charge in [0.05, 0.1) is 25.2 Å². The fourth-order valence-electron chi connectivity index (χ4n) is 5.27. The molecule has 3 atom stereocenters. The van der Waals surface area contributed by atoms with Crippen LogP contribution in [0.5, 0.6) is 0 Å². The minimum atomic E-state index is -0.222. The van der Waals surface area contributed by atoms with Gasteiger partial charge in [-0.1, -0.05) is 43.2 Å². The van der Waals surface area contributed by atoms with Crippen LogP contribution in [-0.2, 0) is 14.3 Å². The summed E-state index contributed by atoms with van der Waals surface area (Å²) >= 11 is 0. The average Bonchev–Trinajstić information content (AvgIpc) is 2.76. The Balaban J connectivity index is 1.49. The first-order valence-electron chi connectivity index (χ1n) is 10.9. The van der Waals surface area contributed by atoms with Crippen molar-refractivity contribution >= 4 is 11.8 Å². The van der Waals surface area contributed by atoms with Crippen LogP contribution in [0, 0.1) is 17.8 Å². The van der Waals surface area contributed by atoms with Gasteiger partial charge in [0.1, 0.15) is 6.61 Å². The molecule has 0 unspecified atom stereocenters. The molecule has 0 spiro atoms. The number of rotatable bonds is 4. The van der Waals surface area contributed by atoms with Crippen LogP contribution < -0.4 is 0 Å². The Morgan fingerprint density at radius 3 is 2.60 bits per heavy atom. The summed E-state index contributed by atoms with van der Waals surface area (Å²) in [6.07, 6.45) is 5.27. The fraction of sp³-hybridized carbons (Fsp3) is 0.583. The molecule has 0 radical (unpaired) electrons. The molecule has 1 saturated carbocycles. The summed E-state index contributed by atoms with van der Waals surface area (Å²) in [7, 11) is 1.61. The zero-order valence-electron chi connectivity index (χ0n) is 17.5. The first-order chi connectivity index (χ1) is 14.6. The van der Waals surface area contributed by atoms with E-state index in [1.54, 1.807) is 16.9 Å². The van der Waals surface area contributed by atoms with Gasteiger partial charge in [-0.2, -0.15) is 0 Å². The number of aliphatic hydroxyl groups is 1. The Morgan fingerprint density at radius 1 is 1.20 bits per heavy atom. The van der Waals surface area contributed by atoms with E-state index in [9.17, 15) is 14.7 Å². The molecule has 2 heterocycles. The lowest BCUT2D eigenvalue weighted by Crippen LogP contribution is -2.73. The zero-order chi connectivity index (χ0) is 21.1. The molecule has 1 N–H and O–H groups in total. The lowest BCUT2D eigenvalue weighted by Gasteiger charge is -2.59. The number of ether oxygens (including phenoxy) is 1. The number of hydrogen-bond donors (Lipinski definition) is 1. The molecule has 2 amide bonds. The van der Waals surface area contributed by atoms with E-state index in [1.165, 1.54) is 6.42 Å². The third-order valence-corrected chi connectivity index (χ3v) is 6.76. The first kappa shape index (κ1) is 20.9. The van der Waals surface area contributed by atoms with Crippen LogP contribution in [0.4, 0.5) is 0 Å². The molecule has 0 bridgehead atoms. The molecule has 160 valence electrons. The highest BCUT2D eigenvalue weighted by atomic mass is 16.5. The molecular formula is C24H30N2O4. The van der Waals surface area contributed by atoms with Gasteiger partial charge in [0.25, 0.3) is 0 Å². The van der Waals surface area contributed by atoms with Gasteiger partial charge in [-0.3, -0.25) is 9.59 Å². The quantitative estimate of drug-likeness (QED) is 0.768. The third-order valence-electron chi connectivity index (χ3n) is 6.76. The largest absolute Gasteiger partial charge is 0.394 e. The monoisotopic (exact) mass is 410 g/mol. The maximum Gasteiger partial charge on any atom is 0.242 e. The van der Waals surface area contributed by atoms with Crippen molar-refractivity contribution in [1.29, 1.82) is 0 Å². The van der Waals surface area contributed by atoms with Crippen molar-refractivity contribution < 1.29 is 19.4 Å². The predicted molar refractivity (Wildman–Crippen MR) is 113 cm³/mol. The summed E-state index contributed by atoms with van der Waals surface area (Å²) in [4.78, 5) is 29.4. The minimum absolute atomic E-state index is 0.0295. The highest BCUT2D eigenvalue weighted by molar-refractivity contribution is 5.88. The number of piperazine rings is 1. The number of carbonyl (C=O) groups is 2. The Bertz CT molecular complexity index is 835. The van der Waals surface area contributed by atoms with Gasteiger partial charge in [-0.15, -0.1) is 0 Å². The van der Waals surface area contributed by atoms with E-state index < -0.39 is 0 Å². The number of benzene rings is 1. The number of hydrogen-bond acceptors (Lipinski definition) is 4. The van der Waals surface area contributed by atoms with Crippen molar-refractivity contribution in [2.45, 2.75) is 50.1 Å². The number of methoxy groups -OCH3 is 1. The molecule has 6 nitrogen and oxygen atoms in total. The van der Waals surface area contributed by atoms with Crippen molar-refractivity contribution in [3.05, 3.63) is 35.4 Å². The van der Waals surface area contributed by atoms with Gasteiger partial charge in [0.15, 0.2) is 0 Å². The van der Waals surface area contributed by atoms with Crippen molar-refractivity contribution in [3.63, 3.8) is 0 Å². The molecule has 30 heavy (non-hydrogen) atoms. The van der Waals surface area contributed by atoms with Crippen LogP contribution in [0.2, 0.25) is 0 Å². The van der Waals surface area contributed by atoms with Crippen molar-refractivity contribution in [2.24, 2.45) is 5.92 Å². The van der Waals surface area contributed by atoms with Crippen molar-refractivity contribution in [3.8, 4) is 11.8 Å². The van der Waals surface area contributed by atoms with E-state index in [0.29, 0.717) is 13.2 Å². The van der Waals surface area contributed by atoms with Gasteiger partial charge in [0, 0.05) is 31.1 Å². The minimum Gasteiger partial charge on any atom is -0.394 e. The number of nitrogens with zero attached hydrogens (tertiary/aromatic N) is 2. The second-order valence-corrected chi connectivity index (χ2v) is 8.55. The van der Waals surface area contributed by atoms with Gasteiger partial charge >= 0.3 is 0 Å². The molecule has 2 aliphatic heterocycles. The molecule has 0 aromatic heterocycles. The van der Waals surface area contributed by atoms with Crippen LogP contribution >= 0.6 is 0 Å². The molecule has 3 fully saturated rings. The molecule has 1 aliphatic carbocycles. The number of fused-ring (bicyclic) bond motifs is 1. The van der Waals surface area contributed by atoms with E-state index in [-0.39, 0.29) is 48.9 Å². The predicted octanol–water partition coefficient (Wildman–Crippen LogP) is 1.76. The molecule has 1 aromatic rings. The smallest absolute Gasteiger partial charge is 0.242 e. The van der Waals surface area contributed by atoms with E-state index in [4.69, 9.17) is 4.74 Å². The lowest BCUT2D eigenvalue weighted by atomic mass is 9.73. The molecule has 3 aliphatic rings. The Labute approximate surface area is 178 Å². The van der Waals surface area contributed by atoms with E-state index >= 15 is 0 Å². The maximum absolute atomic E-state index is 13.0. The van der Waals surface area contributed by atoms with Gasteiger partial charge in [-0.25, -0.2) is 0 Å². The topological polar surface area (TPSA) is 70.1 Å². The van der Waals surface area contributed by atoms with Gasteiger partial charge in [-0.05, 0) is 30.5 Å². The van der Waals surface area contributed by atoms with Crippen molar-refractivity contribution in [2.75, 3.05) is 33.4 Å². The first-order valence-corrected chi connectivity index (χ1v) is 10.9. The standard InChI is InChI=1S/C24H30N2O4/c1-30-13-5-6-17-9-11-18(12-10-17)23-20-14-25(15-22(28)26(20)21(23)16-27)24(29)19-7-3-2-4-8-19/h9-12,19-21,23,27H,2-4,7-8,13-16H2,1H3/t20-,21+,23-/m1/s1. The van der Waals surface area contributed by atoms with Gasteiger partial charge < -0.3 is 19.6 Å². The zero-order valence-corrected chi connectivity index (χ0v) is 17.5. The molecule has 2 saturated heterocycles. The summed E-state index contributed by atoms with van der Waals surface area (Å²) in [6, 6.07) is 7.68. The van der Waals surface area contributed by atoms with Gasteiger partial charge in [0.2, 0.25) is 11.8 Å². The summed E-state index contributed by atoms with van der Waals surface area (Å²) in [6.45, 7) is 1.01. The van der Waals surface area contributed by atoms with E-state index in [1.807, 2.05) is 24.3 Å². The summed E-state index contributed by atoms with van der Waals surface area (Å²) < 4.78 is 4.95. The maximum atomic E-state index is 13.0. The SMILES string of the molecule is COCC#Cc1ccc([C@@H]2[C@H]3CN(C(=O)C4CCCCC4)CC(=O)N3[C@H]2CO)cc1. The molecule has 4 rings (SSSR count). The number of carbonyl (C=O) groups excluding carboxylic acids is 2. The summed E-state index contributed by atoms with van der Waals surface area (Å²) in [5.74, 6) is 6.17. The van der Waals surface area contributed by atoms with Crippen LogP contribution in [0.3, 0.4) is 0 Å².